The number of nitrogens with one attached hydrogen (secondary N) is 1. The molecule has 3 aromatic rings. The fraction of sp³-hybridized carbons (Fsp3) is 0.150. The van der Waals surface area contributed by atoms with E-state index in [-0.39, 0.29) is 18.0 Å². The summed E-state index contributed by atoms with van der Waals surface area (Å²) in [4.78, 5) is 24.3. The zero-order valence-electron chi connectivity index (χ0n) is 14.2. The molecule has 0 aliphatic carbocycles. The lowest BCUT2D eigenvalue weighted by atomic mass is 10.1. The highest BCUT2D eigenvalue weighted by Crippen LogP contribution is 2.19. The molecule has 126 valence electrons. The zero-order chi connectivity index (χ0) is 17.8. The predicted octanol–water partition coefficient (Wildman–Crippen LogP) is 3.17. The summed E-state index contributed by atoms with van der Waals surface area (Å²) in [5.74, 6) is -0.291. The molecule has 1 N–H and O–H groups in total. The average molecular weight is 333 g/mol. The van der Waals surface area contributed by atoms with E-state index in [4.69, 9.17) is 0 Å². The number of carbonyl (C=O) groups is 1. The average Bonchev–Trinajstić information content (AvgIpc) is 2.59. The highest BCUT2D eigenvalue weighted by atomic mass is 16.2. The molecule has 5 nitrogen and oxygen atoms in total. The molecule has 0 bridgehead atoms. The quantitative estimate of drug-likeness (QED) is 0.797. The minimum atomic E-state index is -0.309. The van der Waals surface area contributed by atoms with Crippen molar-refractivity contribution in [3.05, 3.63) is 82.1 Å². The first-order valence-corrected chi connectivity index (χ1v) is 8.03. The van der Waals surface area contributed by atoms with Gasteiger partial charge in [0, 0.05) is 17.3 Å². The molecule has 1 aromatic heterocycles. The third-order valence-electron chi connectivity index (χ3n) is 3.92. The number of hydrogen-bond acceptors (Lipinski definition) is 3. The third kappa shape index (κ3) is 4.01. The van der Waals surface area contributed by atoms with Crippen molar-refractivity contribution < 1.29 is 4.79 Å². The van der Waals surface area contributed by atoms with E-state index in [0.717, 1.165) is 16.7 Å². The molecular weight excluding hydrogens is 314 g/mol. The minimum absolute atomic E-state index is 0.133. The molecule has 0 aliphatic rings. The van der Waals surface area contributed by atoms with Crippen LogP contribution in [-0.2, 0) is 11.3 Å². The fourth-order valence-electron chi connectivity index (χ4n) is 2.54. The summed E-state index contributed by atoms with van der Waals surface area (Å²) >= 11 is 0. The van der Waals surface area contributed by atoms with Crippen molar-refractivity contribution in [2.45, 2.75) is 20.4 Å². The van der Waals surface area contributed by atoms with E-state index < -0.39 is 0 Å². The molecule has 0 fully saturated rings. The van der Waals surface area contributed by atoms with Gasteiger partial charge in [0.15, 0.2) is 0 Å². The molecule has 0 unspecified atom stereocenters. The van der Waals surface area contributed by atoms with Crippen molar-refractivity contribution in [2.24, 2.45) is 0 Å². The SMILES string of the molecule is Cc1ccc(NC(=O)Cn2nc(-c3ccccc3C)ccc2=O)cc1. The van der Waals surface area contributed by atoms with Crippen molar-refractivity contribution in [3.8, 4) is 11.3 Å². The van der Waals surface area contributed by atoms with Gasteiger partial charge in [-0.25, -0.2) is 4.68 Å². The largest absolute Gasteiger partial charge is 0.324 e. The lowest BCUT2D eigenvalue weighted by Crippen LogP contribution is -2.29. The Labute approximate surface area is 145 Å². The summed E-state index contributed by atoms with van der Waals surface area (Å²) in [6.45, 7) is 3.83. The second-order valence-corrected chi connectivity index (χ2v) is 5.94. The first-order valence-electron chi connectivity index (χ1n) is 8.03. The van der Waals surface area contributed by atoms with Crippen LogP contribution in [-0.4, -0.2) is 15.7 Å². The standard InChI is InChI=1S/C20H19N3O2/c1-14-7-9-16(10-8-14)21-19(24)13-23-20(25)12-11-18(22-23)17-6-4-3-5-15(17)2/h3-12H,13H2,1-2H3,(H,21,24). The number of aromatic nitrogens is 2. The monoisotopic (exact) mass is 333 g/mol. The van der Waals surface area contributed by atoms with Crippen LogP contribution < -0.4 is 10.9 Å². The predicted molar refractivity (Wildman–Crippen MR) is 98.5 cm³/mol. The molecule has 0 atom stereocenters. The van der Waals surface area contributed by atoms with Crippen LogP contribution in [0, 0.1) is 13.8 Å². The maximum Gasteiger partial charge on any atom is 0.267 e. The second-order valence-electron chi connectivity index (χ2n) is 5.94. The van der Waals surface area contributed by atoms with Crippen LogP contribution in [0.15, 0.2) is 65.5 Å². The molecule has 5 heteroatoms. The van der Waals surface area contributed by atoms with Gasteiger partial charge in [0.1, 0.15) is 6.54 Å². The topological polar surface area (TPSA) is 64.0 Å². The van der Waals surface area contributed by atoms with E-state index >= 15 is 0 Å². The molecule has 0 saturated carbocycles. The number of rotatable bonds is 4. The first kappa shape index (κ1) is 16.6. The summed E-state index contributed by atoms with van der Waals surface area (Å²) in [5.41, 5.74) is 4.16. The van der Waals surface area contributed by atoms with E-state index in [2.05, 4.69) is 10.4 Å². The lowest BCUT2D eigenvalue weighted by Gasteiger charge is -2.09. The summed E-state index contributed by atoms with van der Waals surface area (Å²) in [6, 6.07) is 18.4. The lowest BCUT2D eigenvalue weighted by molar-refractivity contribution is -0.117. The van der Waals surface area contributed by atoms with E-state index in [1.807, 2.05) is 62.4 Å². The molecule has 0 saturated heterocycles. The van der Waals surface area contributed by atoms with Crippen molar-refractivity contribution in [3.63, 3.8) is 0 Å². The van der Waals surface area contributed by atoms with Gasteiger partial charge in [0.05, 0.1) is 5.69 Å². The Balaban J connectivity index is 1.81. The Morgan fingerprint density at radius 1 is 1.00 bits per heavy atom. The highest BCUT2D eigenvalue weighted by Gasteiger charge is 2.09. The summed E-state index contributed by atoms with van der Waals surface area (Å²) in [6.07, 6.45) is 0. The number of carbonyl (C=O) groups excluding carboxylic acids is 1. The molecule has 25 heavy (non-hydrogen) atoms. The third-order valence-corrected chi connectivity index (χ3v) is 3.92. The molecule has 0 radical (unpaired) electrons. The van der Waals surface area contributed by atoms with E-state index in [0.29, 0.717) is 11.4 Å². The van der Waals surface area contributed by atoms with Gasteiger partial charge in [-0.1, -0.05) is 42.0 Å². The van der Waals surface area contributed by atoms with Gasteiger partial charge in [-0.05, 0) is 37.6 Å². The first-order chi connectivity index (χ1) is 12.0. The molecule has 0 aliphatic heterocycles. The van der Waals surface area contributed by atoms with Crippen LogP contribution in [0.5, 0.6) is 0 Å². The van der Waals surface area contributed by atoms with Crippen LogP contribution in [0.1, 0.15) is 11.1 Å². The van der Waals surface area contributed by atoms with Crippen LogP contribution in [0.2, 0.25) is 0 Å². The number of aryl methyl sites for hydroxylation is 2. The van der Waals surface area contributed by atoms with Gasteiger partial charge in [-0.3, -0.25) is 9.59 Å². The number of benzene rings is 2. The minimum Gasteiger partial charge on any atom is -0.324 e. The van der Waals surface area contributed by atoms with E-state index in [9.17, 15) is 9.59 Å². The van der Waals surface area contributed by atoms with Gasteiger partial charge >= 0.3 is 0 Å². The van der Waals surface area contributed by atoms with Crippen LogP contribution in [0.25, 0.3) is 11.3 Å². The smallest absolute Gasteiger partial charge is 0.267 e. The van der Waals surface area contributed by atoms with Crippen molar-refractivity contribution in [1.82, 2.24) is 9.78 Å². The Morgan fingerprint density at radius 3 is 2.44 bits per heavy atom. The van der Waals surface area contributed by atoms with Crippen LogP contribution in [0.3, 0.4) is 0 Å². The Kier molecular flexibility index (Phi) is 4.75. The van der Waals surface area contributed by atoms with Gasteiger partial charge in [0.25, 0.3) is 5.56 Å². The fourth-order valence-corrected chi connectivity index (χ4v) is 2.54. The van der Waals surface area contributed by atoms with Crippen molar-refractivity contribution in [1.29, 1.82) is 0 Å². The molecule has 1 amide bonds. The molecule has 0 spiro atoms. The summed E-state index contributed by atoms with van der Waals surface area (Å²) in [5, 5.41) is 7.12. The number of anilines is 1. The number of amides is 1. The van der Waals surface area contributed by atoms with Crippen LogP contribution >= 0.6 is 0 Å². The summed E-state index contributed by atoms with van der Waals surface area (Å²) < 4.78 is 1.19. The molecular formula is C20H19N3O2. The van der Waals surface area contributed by atoms with Gasteiger partial charge in [0.2, 0.25) is 5.91 Å². The van der Waals surface area contributed by atoms with Gasteiger partial charge in [-0.15, -0.1) is 0 Å². The Hall–Kier alpha value is -3.21. The zero-order valence-corrected chi connectivity index (χ0v) is 14.2. The van der Waals surface area contributed by atoms with E-state index in [1.165, 1.54) is 10.7 Å². The number of nitrogens with zero attached hydrogens (tertiary/aromatic N) is 2. The molecule has 2 aromatic carbocycles. The molecule has 1 heterocycles. The Bertz CT molecular complexity index is 959. The molecule has 3 rings (SSSR count). The normalized spacial score (nSPS) is 10.5. The number of hydrogen-bond donors (Lipinski definition) is 1. The maximum absolute atomic E-state index is 12.2. The second kappa shape index (κ2) is 7.13. The van der Waals surface area contributed by atoms with Crippen LogP contribution in [0.4, 0.5) is 5.69 Å². The maximum atomic E-state index is 12.2. The van der Waals surface area contributed by atoms with Gasteiger partial charge < -0.3 is 5.32 Å². The van der Waals surface area contributed by atoms with Crippen molar-refractivity contribution in [2.75, 3.05) is 5.32 Å². The van der Waals surface area contributed by atoms with E-state index in [1.54, 1.807) is 6.07 Å². The Morgan fingerprint density at radius 2 is 1.72 bits per heavy atom. The highest BCUT2D eigenvalue weighted by molar-refractivity contribution is 5.90. The summed E-state index contributed by atoms with van der Waals surface area (Å²) in [7, 11) is 0. The van der Waals surface area contributed by atoms with Gasteiger partial charge in [-0.2, -0.15) is 5.10 Å². The van der Waals surface area contributed by atoms with Crippen molar-refractivity contribution >= 4 is 11.6 Å².